The van der Waals surface area contributed by atoms with Crippen molar-refractivity contribution in [1.29, 1.82) is 0 Å². The van der Waals surface area contributed by atoms with Crippen LogP contribution in [0.1, 0.15) is 6.42 Å². The summed E-state index contributed by atoms with van der Waals surface area (Å²) < 4.78 is 31.5. The van der Waals surface area contributed by atoms with Crippen LogP contribution in [0, 0.1) is 0 Å². The third kappa shape index (κ3) is 2.99. The molecule has 0 amide bonds. The van der Waals surface area contributed by atoms with Gasteiger partial charge in [0.1, 0.15) is 6.04 Å². The molecule has 22 heavy (non-hydrogen) atoms. The van der Waals surface area contributed by atoms with Crippen LogP contribution in [0.15, 0.2) is 29.2 Å². The molecule has 2 heterocycles. The number of hydrogen-bond acceptors (Lipinski definition) is 5. The first-order valence-electron chi connectivity index (χ1n) is 7.15. The number of piperazine rings is 1. The van der Waals surface area contributed by atoms with Gasteiger partial charge in [0.2, 0.25) is 10.0 Å². The van der Waals surface area contributed by atoms with Crippen molar-refractivity contribution in [2.45, 2.75) is 17.4 Å². The summed E-state index contributed by atoms with van der Waals surface area (Å²) >= 11 is 5.79. The van der Waals surface area contributed by atoms with E-state index in [4.69, 9.17) is 16.3 Å². The van der Waals surface area contributed by atoms with Gasteiger partial charge in [-0.05, 0) is 24.3 Å². The molecule has 1 aromatic carbocycles. The average molecular weight is 345 g/mol. The second-order valence-electron chi connectivity index (χ2n) is 5.37. The fourth-order valence-corrected chi connectivity index (χ4v) is 4.38. The average Bonchev–Trinajstić information content (AvgIpc) is 2.94. The normalized spacial score (nSPS) is 24.4. The molecule has 6 nitrogen and oxygen atoms in total. The first-order chi connectivity index (χ1) is 10.5. The van der Waals surface area contributed by atoms with Crippen LogP contribution in [0.5, 0.6) is 0 Å². The van der Waals surface area contributed by atoms with Crippen molar-refractivity contribution >= 4 is 27.6 Å². The maximum atomic E-state index is 12.6. The highest BCUT2D eigenvalue weighted by atomic mass is 35.5. The van der Waals surface area contributed by atoms with E-state index in [9.17, 15) is 13.2 Å². The molecule has 0 aromatic heterocycles. The zero-order chi connectivity index (χ0) is 15.7. The largest absolute Gasteiger partial charge is 0.464 e. The second kappa shape index (κ2) is 6.16. The number of rotatable bonds is 3. The molecule has 2 aliphatic rings. The first-order valence-corrected chi connectivity index (χ1v) is 8.97. The molecule has 120 valence electrons. The van der Waals surface area contributed by atoms with Gasteiger partial charge in [-0.25, -0.2) is 8.42 Å². The monoisotopic (exact) mass is 344 g/mol. The minimum absolute atomic E-state index is 0.200. The minimum atomic E-state index is -3.51. The van der Waals surface area contributed by atoms with Crippen LogP contribution in [-0.2, 0) is 19.6 Å². The van der Waals surface area contributed by atoms with Gasteiger partial charge < -0.3 is 4.74 Å². The molecule has 0 radical (unpaired) electrons. The highest BCUT2D eigenvalue weighted by Crippen LogP contribution is 2.22. The van der Waals surface area contributed by atoms with Crippen LogP contribution in [0.2, 0.25) is 5.02 Å². The number of sulfonamides is 1. The van der Waals surface area contributed by atoms with Crippen molar-refractivity contribution in [3.05, 3.63) is 29.3 Å². The molecule has 0 aliphatic carbocycles. The Bertz CT molecular complexity index is 654. The lowest BCUT2D eigenvalue weighted by Crippen LogP contribution is -2.52. The molecule has 8 heteroatoms. The highest BCUT2D eigenvalue weighted by molar-refractivity contribution is 7.89. The Morgan fingerprint density at radius 3 is 2.27 bits per heavy atom. The van der Waals surface area contributed by atoms with Gasteiger partial charge in [0.25, 0.3) is 0 Å². The van der Waals surface area contributed by atoms with Gasteiger partial charge in [-0.3, -0.25) is 9.69 Å². The molecule has 1 aromatic rings. The lowest BCUT2D eigenvalue weighted by molar-refractivity contribution is -0.142. The van der Waals surface area contributed by atoms with E-state index in [0.717, 1.165) is 0 Å². The van der Waals surface area contributed by atoms with Crippen LogP contribution in [0.4, 0.5) is 0 Å². The summed E-state index contributed by atoms with van der Waals surface area (Å²) in [6.45, 7) is 2.26. The summed E-state index contributed by atoms with van der Waals surface area (Å²) in [6, 6.07) is 5.94. The van der Waals surface area contributed by atoms with E-state index in [1.165, 1.54) is 16.4 Å². The van der Waals surface area contributed by atoms with Gasteiger partial charge in [0, 0.05) is 37.6 Å². The molecule has 2 saturated heterocycles. The maximum absolute atomic E-state index is 12.6. The molecule has 2 fully saturated rings. The molecule has 3 rings (SSSR count). The van der Waals surface area contributed by atoms with Crippen molar-refractivity contribution in [3.63, 3.8) is 0 Å². The summed E-state index contributed by atoms with van der Waals surface area (Å²) in [5, 5.41) is 0.503. The van der Waals surface area contributed by atoms with Crippen molar-refractivity contribution in [3.8, 4) is 0 Å². The third-order valence-electron chi connectivity index (χ3n) is 4.07. The first kappa shape index (κ1) is 15.7. The van der Waals surface area contributed by atoms with Crippen LogP contribution >= 0.6 is 11.6 Å². The lowest BCUT2D eigenvalue weighted by Gasteiger charge is -2.35. The quantitative estimate of drug-likeness (QED) is 0.764. The Hall–Kier alpha value is -1.15. The van der Waals surface area contributed by atoms with E-state index in [0.29, 0.717) is 44.2 Å². The molecular weight excluding hydrogens is 328 g/mol. The summed E-state index contributed by atoms with van der Waals surface area (Å²) in [7, 11) is -3.51. The van der Waals surface area contributed by atoms with Gasteiger partial charge >= 0.3 is 5.97 Å². The van der Waals surface area contributed by atoms with E-state index in [-0.39, 0.29) is 16.9 Å². The van der Waals surface area contributed by atoms with Gasteiger partial charge in [0.05, 0.1) is 11.5 Å². The van der Waals surface area contributed by atoms with Gasteiger partial charge in [-0.1, -0.05) is 11.6 Å². The summed E-state index contributed by atoms with van der Waals surface area (Å²) in [6.07, 6.45) is 0.683. The molecule has 0 spiro atoms. The molecule has 1 atom stereocenters. The minimum Gasteiger partial charge on any atom is -0.464 e. The Kier molecular flexibility index (Phi) is 4.40. The number of cyclic esters (lactones) is 1. The SMILES string of the molecule is O=C1OCCC1N1CCN(S(=O)(=O)c2ccc(Cl)cc2)CC1. The molecule has 0 bridgehead atoms. The number of carbonyl (C=O) groups is 1. The predicted octanol–water partition coefficient (Wildman–Crippen LogP) is 0.962. The van der Waals surface area contributed by atoms with Gasteiger partial charge in [-0.15, -0.1) is 0 Å². The number of esters is 1. The van der Waals surface area contributed by atoms with E-state index in [1.54, 1.807) is 12.1 Å². The molecular formula is C14H17ClN2O4S. The molecule has 0 N–H and O–H groups in total. The highest BCUT2D eigenvalue weighted by Gasteiger charge is 2.36. The van der Waals surface area contributed by atoms with E-state index in [1.807, 2.05) is 4.90 Å². The fourth-order valence-electron chi connectivity index (χ4n) is 2.83. The van der Waals surface area contributed by atoms with Crippen LogP contribution < -0.4 is 0 Å². The Labute approximate surface area is 134 Å². The van der Waals surface area contributed by atoms with Crippen molar-refractivity contribution in [2.24, 2.45) is 0 Å². The van der Waals surface area contributed by atoms with Crippen molar-refractivity contribution < 1.29 is 17.9 Å². The van der Waals surface area contributed by atoms with Gasteiger partial charge in [0.15, 0.2) is 0 Å². The van der Waals surface area contributed by atoms with Crippen LogP contribution in [0.25, 0.3) is 0 Å². The zero-order valence-electron chi connectivity index (χ0n) is 11.9. The van der Waals surface area contributed by atoms with E-state index >= 15 is 0 Å². The Morgan fingerprint density at radius 1 is 1.09 bits per heavy atom. The molecule has 2 aliphatic heterocycles. The summed E-state index contributed by atoms with van der Waals surface area (Å²) in [5.74, 6) is -0.200. The zero-order valence-corrected chi connectivity index (χ0v) is 13.5. The summed E-state index contributed by atoms with van der Waals surface area (Å²) in [5.41, 5.74) is 0. The van der Waals surface area contributed by atoms with Crippen LogP contribution in [-0.4, -0.2) is 62.4 Å². The third-order valence-corrected chi connectivity index (χ3v) is 6.24. The fraction of sp³-hybridized carbons (Fsp3) is 0.500. The van der Waals surface area contributed by atoms with Crippen molar-refractivity contribution in [1.82, 2.24) is 9.21 Å². The smallest absolute Gasteiger partial charge is 0.323 e. The topological polar surface area (TPSA) is 66.9 Å². The molecule has 1 unspecified atom stereocenters. The number of benzene rings is 1. The number of carbonyl (C=O) groups excluding carboxylic acids is 1. The molecule has 0 saturated carbocycles. The Balaban J connectivity index is 1.68. The number of hydrogen-bond donors (Lipinski definition) is 0. The van der Waals surface area contributed by atoms with E-state index < -0.39 is 10.0 Å². The van der Waals surface area contributed by atoms with Crippen LogP contribution in [0.3, 0.4) is 0 Å². The number of ether oxygens (including phenoxy) is 1. The maximum Gasteiger partial charge on any atom is 0.323 e. The Morgan fingerprint density at radius 2 is 1.73 bits per heavy atom. The standard InChI is InChI=1S/C14H17ClN2O4S/c15-11-1-3-12(4-2-11)22(19,20)17-8-6-16(7-9-17)13-5-10-21-14(13)18/h1-4,13H,5-10H2. The predicted molar refractivity (Wildman–Crippen MR) is 81.1 cm³/mol. The van der Waals surface area contributed by atoms with Gasteiger partial charge in [-0.2, -0.15) is 4.31 Å². The number of nitrogens with zero attached hydrogens (tertiary/aromatic N) is 2. The van der Waals surface area contributed by atoms with Crippen molar-refractivity contribution in [2.75, 3.05) is 32.8 Å². The summed E-state index contributed by atoms with van der Waals surface area (Å²) in [4.78, 5) is 13.8. The van der Waals surface area contributed by atoms with E-state index in [2.05, 4.69) is 0 Å². The lowest BCUT2D eigenvalue weighted by atomic mass is 10.2. The second-order valence-corrected chi connectivity index (χ2v) is 7.74. The number of halogens is 1.